The number of hydrogen-bond acceptors (Lipinski definition) is 7. The van der Waals surface area contributed by atoms with Crippen molar-refractivity contribution in [2.24, 2.45) is 5.92 Å². The molecule has 4 amide bonds. The Hall–Kier alpha value is -3.11. The molecule has 1 atom stereocenters. The van der Waals surface area contributed by atoms with Crippen LogP contribution in [0, 0.1) is 5.92 Å². The molecule has 1 saturated heterocycles. The van der Waals surface area contributed by atoms with Gasteiger partial charge in [0.1, 0.15) is 0 Å². The summed E-state index contributed by atoms with van der Waals surface area (Å²) in [5.74, 6) is -1.32. The molecule has 0 saturated carbocycles. The van der Waals surface area contributed by atoms with E-state index in [4.69, 9.17) is 0 Å². The largest absolute Gasteiger partial charge is 0.342 e. The maximum Gasteiger partial charge on any atom is 0.261 e. The standard InChI is InChI=1S/C22H25N5O4S/c1-25(2)8-5-9-26-12-14(10-18(26)28)19(29)24-22-23-11-15(32-22)13-27-20(30)16-6-3-4-7-17(16)21(27)31/h3-4,6-7,11,14H,5,8-10,12-13H2,1-2H3,(H,23,24,29). The normalized spacial score (nSPS) is 18.1. The Kier molecular flexibility index (Phi) is 6.33. The Morgan fingerprint density at radius 2 is 1.88 bits per heavy atom. The number of likely N-dealkylation sites (tertiary alicyclic amines) is 1. The zero-order valence-electron chi connectivity index (χ0n) is 18.0. The summed E-state index contributed by atoms with van der Waals surface area (Å²) in [7, 11) is 3.97. The number of carbonyl (C=O) groups is 4. The zero-order chi connectivity index (χ0) is 22.8. The Labute approximate surface area is 190 Å². The van der Waals surface area contributed by atoms with Gasteiger partial charge in [-0.15, -0.1) is 0 Å². The molecule has 0 aliphatic carbocycles. The molecule has 9 nitrogen and oxygen atoms in total. The van der Waals surface area contributed by atoms with Gasteiger partial charge < -0.3 is 15.1 Å². The molecular formula is C22H25N5O4S. The lowest BCUT2D eigenvalue weighted by atomic mass is 10.1. The zero-order valence-corrected chi connectivity index (χ0v) is 18.9. The van der Waals surface area contributed by atoms with Crippen molar-refractivity contribution in [1.29, 1.82) is 0 Å². The second kappa shape index (κ2) is 9.17. The third kappa shape index (κ3) is 4.56. The predicted octanol–water partition coefficient (Wildman–Crippen LogP) is 1.68. The average molecular weight is 456 g/mol. The highest BCUT2D eigenvalue weighted by Crippen LogP contribution is 2.28. The minimum absolute atomic E-state index is 0.00522. The van der Waals surface area contributed by atoms with Crippen LogP contribution in [0.3, 0.4) is 0 Å². The van der Waals surface area contributed by atoms with Crippen LogP contribution in [0.25, 0.3) is 0 Å². The molecule has 0 bridgehead atoms. The molecule has 1 N–H and O–H groups in total. The van der Waals surface area contributed by atoms with E-state index >= 15 is 0 Å². The van der Waals surface area contributed by atoms with Crippen LogP contribution in [0.1, 0.15) is 38.4 Å². The fraction of sp³-hybridized carbons (Fsp3) is 0.409. The molecule has 0 radical (unpaired) electrons. The number of aromatic nitrogens is 1. The number of nitrogens with one attached hydrogen (secondary N) is 1. The van der Waals surface area contributed by atoms with E-state index in [9.17, 15) is 19.2 Å². The lowest BCUT2D eigenvalue weighted by Crippen LogP contribution is -2.30. The van der Waals surface area contributed by atoms with Crippen LogP contribution < -0.4 is 5.32 Å². The molecule has 168 valence electrons. The number of carbonyl (C=O) groups excluding carboxylic acids is 4. The molecule has 32 heavy (non-hydrogen) atoms. The average Bonchev–Trinajstić information content (AvgIpc) is 3.42. The predicted molar refractivity (Wildman–Crippen MR) is 119 cm³/mol. The molecule has 1 unspecified atom stereocenters. The molecule has 1 aromatic carbocycles. The van der Waals surface area contributed by atoms with Crippen molar-refractivity contribution in [1.82, 2.24) is 19.7 Å². The van der Waals surface area contributed by atoms with E-state index in [1.807, 2.05) is 14.1 Å². The lowest BCUT2D eigenvalue weighted by Gasteiger charge is -2.17. The van der Waals surface area contributed by atoms with Gasteiger partial charge >= 0.3 is 0 Å². The van der Waals surface area contributed by atoms with Crippen molar-refractivity contribution in [3.8, 4) is 0 Å². The smallest absolute Gasteiger partial charge is 0.261 e. The summed E-state index contributed by atoms with van der Waals surface area (Å²) in [5, 5.41) is 3.17. The van der Waals surface area contributed by atoms with Crippen molar-refractivity contribution in [3.05, 3.63) is 46.5 Å². The first-order valence-electron chi connectivity index (χ1n) is 10.5. The summed E-state index contributed by atoms with van der Waals surface area (Å²) in [6.07, 6.45) is 2.61. The van der Waals surface area contributed by atoms with E-state index in [2.05, 4.69) is 15.2 Å². The molecule has 1 aromatic heterocycles. The third-order valence-electron chi connectivity index (χ3n) is 5.59. The molecule has 2 aliphatic heterocycles. The van der Waals surface area contributed by atoms with Gasteiger partial charge in [-0.2, -0.15) is 0 Å². The van der Waals surface area contributed by atoms with E-state index in [0.29, 0.717) is 34.2 Å². The molecule has 4 rings (SSSR count). The summed E-state index contributed by atoms with van der Waals surface area (Å²) in [4.78, 5) is 59.8. The number of anilines is 1. The van der Waals surface area contributed by atoms with Crippen LogP contribution in [-0.2, 0) is 16.1 Å². The molecule has 0 spiro atoms. The number of thiazole rings is 1. The minimum Gasteiger partial charge on any atom is -0.342 e. The van der Waals surface area contributed by atoms with Gasteiger partial charge in [-0.25, -0.2) is 4.98 Å². The first-order chi connectivity index (χ1) is 15.3. The number of benzene rings is 1. The number of imide groups is 1. The summed E-state index contributed by atoms with van der Waals surface area (Å²) in [6, 6.07) is 6.73. The van der Waals surface area contributed by atoms with Gasteiger partial charge in [-0.3, -0.25) is 24.1 Å². The fourth-order valence-corrected chi connectivity index (χ4v) is 4.73. The van der Waals surface area contributed by atoms with Crippen LogP contribution in [0.2, 0.25) is 0 Å². The summed E-state index contributed by atoms with van der Waals surface area (Å²) in [5.41, 5.74) is 0.799. The number of nitrogens with zero attached hydrogens (tertiary/aromatic N) is 4. The Bertz CT molecular complexity index is 1030. The van der Waals surface area contributed by atoms with Crippen molar-refractivity contribution < 1.29 is 19.2 Å². The summed E-state index contributed by atoms with van der Waals surface area (Å²) >= 11 is 1.22. The minimum atomic E-state index is -0.412. The van der Waals surface area contributed by atoms with Gasteiger partial charge in [0, 0.05) is 30.6 Å². The van der Waals surface area contributed by atoms with Crippen LogP contribution >= 0.6 is 11.3 Å². The van der Waals surface area contributed by atoms with E-state index in [1.165, 1.54) is 16.2 Å². The van der Waals surface area contributed by atoms with Crippen molar-refractivity contribution in [2.45, 2.75) is 19.4 Å². The highest BCUT2D eigenvalue weighted by Gasteiger charge is 2.36. The lowest BCUT2D eigenvalue weighted by molar-refractivity contribution is -0.128. The van der Waals surface area contributed by atoms with Crippen LogP contribution in [0.15, 0.2) is 30.5 Å². The summed E-state index contributed by atoms with van der Waals surface area (Å²) in [6.45, 7) is 2.03. The van der Waals surface area contributed by atoms with Gasteiger partial charge in [0.25, 0.3) is 11.8 Å². The Balaban J connectivity index is 1.32. The molecule has 2 aromatic rings. The first kappa shape index (κ1) is 22.1. The van der Waals surface area contributed by atoms with Crippen molar-refractivity contribution in [2.75, 3.05) is 39.0 Å². The second-order valence-electron chi connectivity index (χ2n) is 8.26. The van der Waals surface area contributed by atoms with Crippen molar-refractivity contribution in [3.63, 3.8) is 0 Å². The number of amides is 4. The maximum atomic E-state index is 12.6. The van der Waals surface area contributed by atoms with E-state index < -0.39 is 5.92 Å². The maximum absolute atomic E-state index is 12.6. The SMILES string of the molecule is CN(C)CCCN1CC(C(=O)Nc2ncc(CN3C(=O)c4ccccc4C3=O)s2)CC1=O. The quantitative estimate of drug-likeness (QED) is 0.608. The van der Waals surface area contributed by atoms with Gasteiger partial charge in [0.05, 0.1) is 23.6 Å². The van der Waals surface area contributed by atoms with E-state index in [0.717, 1.165) is 13.0 Å². The van der Waals surface area contributed by atoms with Gasteiger partial charge in [-0.1, -0.05) is 23.5 Å². The van der Waals surface area contributed by atoms with E-state index in [-0.39, 0.29) is 36.6 Å². The molecule has 3 heterocycles. The number of hydrogen-bond donors (Lipinski definition) is 1. The van der Waals surface area contributed by atoms with Gasteiger partial charge in [0.2, 0.25) is 11.8 Å². The highest BCUT2D eigenvalue weighted by molar-refractivity contribution is 7.15. The Morgan fingerprint density at radius 3 is 2.53 bits per heavy atom. The van der Waals surface area contributed by atoms with E-state index in [1.54, 1.807) is 35.4 Å². The highest BCUT2D eigenvalue weighted by atomic mass is 32.1. The molecule has 1 fully saturated rings. The molecule has 2 aliphatic rings. The third-order valence-corrected chi connectivity index (χ3v) is 6.49. The molecular weight excluding hydrogens is 430 g/mol. The van der Waals surface area contributed by atoms with Crippen LogP contribution in [-0.4, -0.2) is 77.0 Å². The van der Waals surface area contributed by atoms with Gasteiger partial charge in [0.15, 0.2) is 5.13 Å². The van der Waals surface area contributed by atoms with Gasteiger partial charge in [-0.05, 0) is 39.2 Å². The Morgan fingerprint density at radius 1 is 1.19 bits per heavy atom. The first-order valence-corrected chi connectivity index (χ1v) is 11.3. The van der Waals surface area contributed by atoms with Crippen LogP contribution in [0.4, 0.5) is 5.13 Å². The number of rotatable bonds is 8. The monoisotopic (exact) mass is 455 g/mol. The number of fused-ring (bicyclic) bond motifs is 1. The topological polar surface area (TPSA) is 103 Å². The second-order valence-corrected chi connectivity index (χ2v) is 9.38. The molecule has 10 heteroatoms. The summed E-state index contributed by atoms with van der Waals surface area (Å²) < 4.78 is 0. The fourth-order valence-electron chi connectivity index (χ4n) is 3.93. The van der Waals surface area contributed by atoms with Crippen LogP contribution in [0.5, 0.6) is 0 Å². The van der Waals surface area contributed by atoms with Crippen molar-refractivity contribution >= 4 is 40.1 Å².